The first kappa shape index (κ1) is 26.6. The van der Waals surface area contributed by atoms with Gasteiger partial charge in [-0.15, -0.1) is 0 Å². The van der Waals surface area contributed by atoms with E-state index in [1.165, 1.54) is 6.07 Å². The lowest BCUT2D eigenvalue weighted by molar-refractivity contribution is -0.142. The fraction of sp³-hybridized carbons (Fsp3) is 0.276. The number of hydrogen-bond donors (Lipinski definition) is 2. The Morgan fingerprint density at radius 1 is 0.972 bits per heavy atom. The molecule has 7 heteroatoms. The number of aryl methyl sites for hydroxylation is 1. The number of ketones is 1. The molecule has 1 aliphatic carbocycles. The zero-order valence-corrected chi connectivity index (χ0v) is 18.5. The predicted molar refractivity (Wildman–Crippen MR) is 140 cm³/mol. The van der Waals surface area contributed by atoms with Gasteiger partial charge in [-0.2, -0.15) is 4.98 Å². The number of carboxylic acids is 1. The van der Waals surface area contributed by atoms with E-state index >= 15 is 0 Å². The number of benzene rings is 3. The number of carboxylic acid groups (broad SMARTS) is 1. The third-order valence-electron chi connectivity index (χ3n) is 6.43. The number of fused-ring (bicyclic) bond motifs is 1. The molecule has 6 nitrogen and oxygen atoms in total. The molecule has 0 aliphatic heterocycles. The van der Waals surface area contributed by atoms with Crippen molar-refractivity contribution in [3.05, 3.63) is 77.6 Å². The summed E-state index contributed by atoms with van der Waals surface area (Å²) in [6.45, 7) is 1.96. The van der Waals surface area contributed by atoms with Gasteiger partial charge in [0.2, 0.25) is 0 Å². The molecule has 2 N–H and O–H groups in total. The minimum atomic E-state index is -0.912. The lowest BCUT2D eigenvalue weighted by Gasteiger charge is -2.14. The van der Waals surface area contributed by atoms with Gasteiger partial charge >= 0.3 is 5.97 Å². The number of halogens is 1. The van der Waals surface area contributed by atoms with Crippen molar-refractivity contribution in [2.45, 2.75) is 41.0 Å². The topological polar surface area (TPSA) is 92.4 Å². The summed E-state index contributed by atoms with van der Waals surface area (Å²) in [5, 5.41) is 12.2. The number of carbonyl (C=O) groups excluding carboxylic acids is 1. The van der Waals surface area contributed by atoms with Crippen molar-refractivity contribution in [3.8, 4) is 11.1 Å². The fourth-order valence-corrected chi connectivity index (χ4v) is 4.61. The van der Waals surface area contributed by atoms with Crippen LogP contribution in [-0.4, -0.2) is 21.8 Å². The molecule has 3 aromatic carbocycles. The van der Waals surface area contributed by atoms with Gasteiger partial charge in [0.25, 0.3) is 6.01 Å². The maximum atomic E-state index is 14.8. The third-order valence-corrected chi connectivity index (χ3v) is 6.43. The monoisotopic (exact) mass is 490 g/mol. The molecular formula is C29H31FN2O4. The van der Waals surface area contributed by atoms with Crippen LogP contribution in [0.1, 0.15) is 50.0 Å². The summed E-state index contributed by atoms with van der Waals surface area (Å²) >= 11 is 0. The highest BCUT2D eigenvalue weighted by Gasteiger charge is 2.37. The molecule has 0 saturated heterocycles. The number of carbonyl (C=O) groups is 2. The van der Waals surface area contributed by atoms with Crippen molar-refractivity contribution in [1.82, 2.24) is 4.98 Å². The maximum Gasteiger partial charge on any atom is 0.307 e. The Labute approximate surface area is 210 Å². The van der Waals surface area contributed by atoms with Crippen LogP contribution in [0.25, 0.3) is 22.2 Å². The van der Waals surface area contributed by atoms with Crippen molar-refractivity contribution >= 4 is 34.6 Å². The van der Waals surface area contributed by atoms with Crippen LogP contribution in [0.4, 0.5) is 16.1 Å². The molecule has 1 aromatic heterocycles. The lowest BCUT2D eigenvalue weighted by Crippen LogP contribution is -2.25. The van der Waals surface area contributed by atoms with Crippen LogP contribution in [-0.2, 0) is 4.79 Å². The van der Waals surface area contributed by atoms with E-state index in [0.29, 0.717) is 35.1 Å². The molecule has 0 spiro atoms. The third kappa shape index (κ3) is 5.15. The molecule has 5 rings (SSSR count). The first-order chi connectivity index (χ1) is 16.4. The zero-order chi connectivity index (χ0) is 23.8. The Morgan fingerprint density at radius 2 is 1.67 bits per heavy atom. The van der Waals surface area contributed by atoms with Gasteiger partial charge in [-0.3, -0.25) is 9.59 Å². The standard InChI is InChI=1S/C27H23FN2O4.2CH4/c1-15-5-11-23-24(13-15)34-27(30-23)29-22-12-10-18(14-21(22)28)16-6-8-17(9-7-16)25(31)19-3-2-4-20(19)26(32)33;;/h5-14,19-20H,2-4H2,1H3,(H,29,30)(H,32,33);2*1H4/t19-,20-;;/m1../s1. The second-order valence-electron chi connectivity index (χ2n) is 8.73. The van der Waals surface area contributed by atoms with E-state index in [4.69, 9.17) is 4.42 Å². The highest BCUT2D eigenvalue weighted by atomic mass is 19.1. The van der Waals surface area contributed by atoms with Gasteiger partial charge in [-0.05, 0) is 60.7 Å². The largest absolute Gasteiger partial charge is 0.481 e. The van der Waals surface area contributed by atoms with E-state index in [1.807, 2.05) is 25.1 Å². The van der Waals surface area contributed by atoms with Gasteiger partial charge in [0, 0.05) is 11.5 Å². The highest BCUT2D eigenvalue weighted by molar-refractivity contribution is 6.00. The number of oxazole rings is 1. The number of rotatable bonds is 6. The molecule has 0 radical (unpaired) electrons. The molecule has 0 bridgehead atoms. The summed E-state index contributed by atoms with van der Waals surface area (Å²) in [4.78, 5) is 28.6. The van der Waals surface area contributed by atoms with E-state index in [9.17, 15) is 19.1 Å². The average molecular weight is 491 g/mol. The Hall–Kier alpha value is -4.00. The van der Waals surface area contributed by atoms with Crippen LogP contribution in [0.5, 0.6) is 0 Å². The first-order valence-corrected chi connectivity index (χ1v) is 11.2. The van der Waals surface area contributed by atoms with Gasteiger partial charge in [0.05, 0.1) is 11.6 Å². The highest BCUT2D eigenvalue weighted by Crippen LogP contribution is 2.35. The molecule has 36 heavy (non-hydrogen) atoms. The van der Waals surface area contributed by atoms with E-state index < -0.39 is 23.6 Å². The van der Waals surface area contributed by atoms with Crippen molar-refractivity contribution in [2.24, 2.45) is 11.8 Å². The van der Waals surface area contributed by atoms with E-state index in [2.05, 4.69) is 10.3 Å². The van der Waals surface area contributed by atoms with Crippen LogP contribution in [0.15, 0.2) is 65.1 Å². The molecule has 1 aliphatic rings. The number of nitrogens with one attached hydrogen (secondary N) is 1. The predicted octanol–water partition coefficient (Wildman–Crippen LogP) is 7.64. The van der Waals surface area contributed by atoms with Crippen LogP contribution >= 0.6 is 0 Å². The van der Waals surface area contributed by atoms with Gasteiger partial charge in [-0.25, -0.2) is 4.39 Å². The molecule has 4 aromatic rings. The van der Waals surface area contributed by atoms with Gasteiger partial charge in [0.15, 0.2) is 11.4 Å². The fourth-order valence-electron chi connectivity index (χ4n) is 4.61. The Morgan fingerprint density at radius 3 is 2.36 bits per heavy atom. The Kier molecular flexibility index (Phi) is 7.93. The summed E-state index contributed by atoms with van der Waals surface area (Å²) in [5.41, 5.74) is 4.48. The lowest BCUT2D eigenvalue weighted by atomic mass is 9.88. The van der Waals surface area contributed by atoms with Crippen molar-refractivity contribution in [1.29, 1.82) is 0 Å². The minimum absolute atomic E-state index is 0. The van der Waals surface area contributed by atoms with Crippen LogP contribution in [0.2, 0.25) is 0 Å². The Bertz CT molecular complexity index is 1390. The molecule has 1 fully saturated rings. The first-order valence-electron chi connectivity index (χ1n) is 11.2. The molecule has 0 unspecified atom stereocenters. The van der Waals surface area contributed by atoms with Gasteiger partial charge in [0.1, 0.15) is 11.3 Å². The summed E-state index contributed by atoms with van der Waals surface area (Å²) in [7, 11) is 0. The number of aliphatic carboxylic acids is 1. The van der Waals surface area contributed by atoms with Gasteiger partial charge < -0.3 is 14.8 Å². The van der Waals surface area contributed by atoms with Crippen LogP contribution in [0, 0.1) is 24.6 Å². The number of hydrogen-bond acceptors (Lipinski definition) is 5. The van der Waals surface area contributed by atoms with Gasteiger partial charge in [-0.1, -0.05) is 57.7 Å². The number of aromatic nitrogens is 1. The Balaban J connectivity index is 0.00000180. The molecular weight excluding hydrogens is 459 g/mol. The summed E-state index contributed by atoms with van der Waals surface area (Å²) in [6.07, 6.45) is 1.87. The maximum absolute atomic E-state index is 14.8. The van der Waals surface area contributed by atoms with Crippen LogP contribution < -0.4 is 5.32 Å². The van der Waals surface area contributed by atoms with Crippen molar-refractivity contribution in [2.75, 3.05) is 5.32 Å². The summed E-state index contributed by atoms with van der Waals surface area (Å²) in [6, 6.07) is 17.5. The van der Waals surface area contributed by atoms with Crippen molar-refractivity contribution < 1.29 is 23.5 Å². The summed E-state index contributed by atoms with van der Waals surface area (Å²) < 4.78 is 20.5. The number of anilines is 2. The molecule has 1 heterocycles. The molecule has 188 valence electrons. The SMILES string of the molecule is C.C.Cc1ccc2nc(Nc3ccc(-c4ccc(C(=O)[C@@H]5CCC[C@H]5C(=O)O)cc4)cc3F)oc2c1. The molecule has 0 amide bonds. The molecule has 2 atom stereocenters. The van der Waals surface area contributed by atoms with Crippen LogP contribution in [0.3, 0.4) is 0 Å². The van der Waals surface area contributed by atoms with E-state index in [-0.39, 0.29) is 32.3 Å². The number of Topliss-reactive ketones (excluding diaryl/α,β-unsaturated/α-hetero) is 1. The van der Waals surface area contributed by atoms with E-state index in [1.54, 1.807) is 36.4 Å². The van der Waals surface area contributed by atoms with Crippen molar-refractivity contribution in [3.63, 3.8) is 0 Å². The second kappa shape index (κ2) is 10.7. The second-order valence-corrected chi connectivity index (χ2v) is 8.73. The summed E-state index contributed by atoms with van der Waals surface area (Å²) in [5.74, 6) is -2.62. The van der Waals surface area contributed by atoms with E-state index in [0.717, 1.165) is 17.5 Å². The minimum Gasteiger partial charge on any atom is -0.481 e. The quantitative estimate of drug-likeness (QED) is 0.270. The zero-order valence-electron chi connectivity index (χ0n) is 18.5. The average Bonchev–Trinajstić information content (AvgIpc) is 3.47. The smallest absolute Gasteiger partial charge is 0.307 e. The normalized spacial score (nSPS) is 16.7. The molecule has 1 saturated carbocycles. The number of nitrogens with zero attached hydrogens (tertiary/aromatic N) is 1.